The predicted octanol–water partition coefficient (Wildman–Crippen LogP) is 3.41. The second-order valence-corrected chi connectivity index (χ2v) is 9.77. The quantitative estimate of drug-likeness (QED) is 0.585. The van der Waals surface area contributed by atoms with Crippen molar-refractivity contribution in [1.29, 1.82) is 0 Å². The Bertz CT molecular complexity index is 1020. The lowest BCUT2D eigenvalue weighted by Crippen LogP contribution is -2.44. The summed E-state index contributed by atoms with van der Waals surface area (Å²) in [4.78, 5) is 14.6. The van der Waals surface area contributed by atoms with Gasteiger partial charge in [0.25, 0.3) is 5.91 Å². The van der Waals surface area contributed by atoms with Crippen LogP contribution in [-0.4, -0.2) is 33.2 Å². The molecular weight excluding hydrogens is 429 g/mol. The van der Waals surface area contributed by atoms with Crippen LogP contribution < -0.4 is 15.6 Å². The van der Waals surface area contributed by atoms with E-state index in [1.165, 1.54) is 12.1 Å². The van der Waals surface area contributed by atoms with Crippen LogP contribution >= 0.6 is 11.6 Å². The van der Waals surface area contributed by atoms with Gasteiger partial charge in [-0.05, 0) is 62.0 Å². The number of nitrogens with one attached hydrogen (secondary N) is 3. The minimum Gasteiger partial charge on any atom is -0.316 e. The van der Waals surface area contributed by atoms with E-state index >= 15 is 0 Å². The number of hydrogen-bond donors (Lipinski definition) is 3. The second kappa shape index (κ2) is 9.87. The summed E-state index contributed by atoms with van der Waals surface area (Å²) < 4.78 is 39.2. The summed E-state index contributed by atoms with van der Waals surface area (Å²) in [6, 6.07) is 10.3. The fraction of sp³-hybridized carbons (Fsp3) is 0.381. The minimum absolute atomic E-state index is 0.0438. The van der Waals surface area contributed by atoms with Gasteiger partial charge >= 0.3 is 0 Å². The van der Waals surface area contributed by atoms with Gasteiger partial charge in [0.05, 0.1) is 16.3 Å². The average Bonchev–Trinajstić information content (AvgIpc) is 2.96. The molecule has 9 heteroatoms. The molecule has 1 aliphatic rings. The number of hydrazine groups is 1. The molecule has 1 amide bonds. The van der Waals surface area contributed by atoms with Crippen LogP contribution in [0.3, 0.4) is 0 Å². The number of carbonyl (C=O) groups excluding carboxylic acids is 1. The summed E-state index contributed by atoms with van der Waals surface area (Å²) >= 11 is 5.99. The lowest BCUT2D eigenvalue weighted by molar-refractivity contribution is 0.0941. The van der Waals surface area contributed by atoms with Crippen LogP contribution in [0, 0.1) is 18.7 Å². The zero-order valence-electron chi connectivity index (χ0n) is 16.7. The number of rotatable bonds is 6. The van der Waals surface area contributed by atoms with Gasteiger partial charge in [0.2, 0.25) is 10.0 Å². The van der Waals surface area contributed by atoms with Crippen LogP contribution in [-0.2, 0) is 10.0 Å². The number of sulfonamides is 1. The molecule has 0 radical (unpaired) electrons. The average molecular weight is 454 g/mol. The van der Waals surface area contributed by atoms with E-state index in [1.807, 2.05) is 31.2 Å². The van der Waals surface area contributed by atoms with Crippen LogP contribution in [0.1, 0.15) is 35.2 Å². The monoisotopic (exact) mass is 453 g/mol. The Morgan fingerprint density at radius 2 is 2.03 bits per heavy atom. The Balaban J connectivity index is 1.73. The molecule has 30 heavy (non-hydrogen) atoms. The van der Waals surface area contributed by atoms with Gasteiger partial charge in [0.1, 0.15) is 0 Å². The van der Waals surface area contributed by atoms with Gasteiger partial charge in [-0.25, -0.2) is 12.8 Å². The van der Waals surface area contributed by atoms with Gasteiger partial charge in [-0.3, -0.25) is 10.2 Å². The molecule has 0 saturated carbocycles. The van der Waals surface area contributed by atoms with Crippen molar-refractivity contribution in [1.82, 2.24) is 15.6 Å². The van der Waals surface area contributed by atoms with E-state index in [0.29, 0.717) is 12.1 Å². The first-order valence-electron chi connectivity index (χ1n) is 9.82. The molecule has 1 unspecified atom stereocenters. The summed E-state index contributed by atoms with van der Waals surface area (Å²) in [6.45, 7) is 3.40. The van der Waals surface area contributed by atoms with E-state index in [1.54, 1.807) is 0 Å². The lowest BCUT2D eigenvalue weighted by Gasteiger charge is -2.16. The van der Waals surface area contributed by atoms with E-state index in [2.05, 4.69) is 15.6 Å². The van der Waals surface area contributed by atoms with Crippen molar-refractivity contribution < 1.29 is 17.6 Å². The third kappa shape index (κ3) is 6.01. The zero-order valence-corrected chi connectivity index (χ0v) is 18.2. The summed E-state index contributed by atoms with van der Waals surface area (Å²) in [5.41, 5.74) is 4.10. The van der Waals surface area contributed by atoms with Gasteiger partial charge in [-0.15, -0.1) is 4.83 Å². The highest BCUT2D eigenvalue weighted by molar-refractivity contribution is 7.89. The Morgan fingerprint density at radius 3 is 2.80 bits per heavy atom. The Kier molecular flexibility index (Phi) is 7.46. The summed E-state index contributed by atoms with van der Waals surface area (Å²) in [5.74, 6) is -1.98. The first-order chi connectivity index (χ1) is 14.2. The molecule has 1 aliphatic heterocycles. The molecule has 2 aromatic carbocycles. The maximum Gasteiger partial charge on any atom is 0.269 e. The van der Waals surface area contributed by atoms with Crippen molar-refractivity contribution in [2.75, 3.05) is 18.8 Å². The van der Waals surface area contributed by atoms with Crippen LogP contribution in [0.5, 0.6) is 0 Å². The van der Waals surface area contributed by atoms with E-state index in [-0.39, 0.29) is 22.3 Å². The Labute approximate surface area is 181 Å². The highest BCUT2D eigenvalue weighted by Crippen LogP contribution is 2.28. The third-order valence-corrected chi connectivity index (χ3v) is 6.65. The van der Waals surface area contributed by atoms with E-state index in [4.69, 9.17) is 11.6 Å². The van der Waals surface area contributed by atoms with Crippen LogP contribution in [0.25, 0.3) is 11.1 Å². The van der Waals surface area contributed by atoms with Crippen molar-refractivity contribution in [3.05, 3.63) is 58.4 Å². The maximum absolute atomic E-state index is 14.5. The molecule has 0 aliphatic carbocycles. The lowest BCUT2D eigenvalue weighted by atomic mass is 10.0. The standard InChI is InChI=1S/C21H25ClFN3O3S/c1-14-5-4-7-16(9-14)17-10-18(20(23)19(22)11-17)21(27)25-26-30(28,29)13-15-6-2-3-8-24-12-15/h4-5,7,9-11,15,24,26H,2-3,6,8,12-13H2,1H3,(H,25,27). The molecule has 0 aromatic heterocycles. The minimum atomic E-state index is -3.77. The summed E-state index contributed by atoms with van der Waals surface area (Å²) in [7, 11) is -3.77. The van der Waals surface area contributed by atoms with Crippen molar-refractivity contribution in [2.45, 2.75) is 26.2 Å². The number of benzene rings is 2. The van der Waals surface area contributed by atoms with Crippen molar-refractivity contribution >= 4 is 27.5 Å². The molecule has 162 valence electrons. The van der Waals surface area contributed by atoms with Crippen LogP contribution in [0.2, 0.25) is 5.02 Å². The molecule has 1 atom stereocenters. The highest BCUT2D eigenvalue weighted by Gasteiger charge is 2.23. The number of halogens is 2. The molecule has 2 aromatic rings. The topological polar surface area (TPSA) is 87.3 Å². The highest BCUT2D eigenvalue weighted by atomic mass is 35.5. The molecule has 1 heterocycles. The number of hydrogen-bond acceptors (Lipinski definition) is 4. The maximum atomic E-state index is 14.5. The molecule has 0 spiro atoms. The molecule has 1 fully saturated rings. The van der Waals surface area contributed by atoms with Gasteiger partial charge in [0, 0.05) is 0 Å². The normalized spacial score (nSPS) is 17.4. The fourth-order valence-corrected chi connectivity index (χ4v) is 4.98. The van der Waals surface area contributed by atoms with Gasteiger partial charge in [-0.1, -0.05) is 47.9 Å². The molecular formula is C21H25ClFN3O3S. The largest absolute Gasteiger partial charge is 0.316 e. The van der Waals surface area contributed by atoms with Crippen molar-refractivity contribution in [3.63, 3.8) is 0 Å². The Hall–Kier alpha value is -2.00. The third-order valence-electron chi connectivity index (χ3n) is 5.05. The smallest absolute Gasteiger partial charge is 0.269 e. The molecule has 6 nitrogen and oxygen atoms in total. The van der Waals surface area contributed by atoms with Gasteiger partial charge in [0.15, 0.2) is 5.82 Å². The molecule has 3 rings (SSSR count). The second-order valence-electron chi connectivity index (χ2n) is 7.59. The van der Waals surface area contributed by atoms with E-state index in [9.17, 15) is 17.6 Å². The van der Waals surface area contributed by atoms with Crippen LogP contribution in [0.4, 0.5) is 4.39 Å². The Morgan fingerprint density at radius 1 is 1.23 bits per heavy atom. The zero-order chi connectivity index (χ0) is 21.7. The number of carbonyl (C=O) groups is 1. The predicted molar refractivity (Wildman–Crippen MR) is 116 cm³/mol. The summed E-state index contributed by atoms with van der Waals surface area (Å²) in [5, 5.41) is 2.99. The number of amides is 1. The summed E-state index contributed by atoms with van der Waals surface area (Å²) in [6.07, 6.45) is 2.76. The molecule has 1 saturated heterocycles. The van der Waals surface area contributed by atoms with Crippen LogP contribution in [0.15, 0.2) is 36.4 Å². The van der Waals surface area contributed by atoms with E-state index < -0.39 is 21.7 Å². The van der Waals surface area contributed by atoms with Gasteiger partial charge < -0.3 is 5.32 Å². The molecule has 0 bridgehead atoms. The van der Waals surface area contributed by atoms with Crippen molar-refractivity contribution in [3.8, 4) is 11.1 Å². The SMILES string of the molecule is Cc1cccc(-c2cc(Cl)c(F)c(C(=O)NNS(=O)(=O)CC3CCCCNC3)c2)c1. The number of aryl methyl sites for hydroxylation is 1. The van der Waals surface area contributed by atoms with E-state index in [0.717, 1.165) is 36.9 Å². The van der Waals surface area contributed by atoms with Crippen molar-refractivity contribution in [2.24, 2.45) is 5.92 Å². The first-order valence-corrected chi connectivity index (χ1v) is 11.8. The van der Waals surface area contributed by atoms with Gasteiger partial charge in [-0.2, -0.15) is 0 Å². The first kappa shape index (κ1) is 22.7. The molecule has 3 N–H and O–H groups in total. The fourth-order valence-electron chi connectivity index (χ4n) is 3.52.